The Morgan fingerprint density at radius 1 is 0.786 bits per heavy atom. The van der Waals surface area contributed by atoms with Crippen LogP contribution in [0.1, 0.15) is 77.5 Å². The molecule has 2 N–H and O–H groups in total. The Bertz CT molecular complexity index is 1440. The smallest absolute Gasteiger partial charge is 0.408 e. The summed E-state index contributed by atoms with van der Waals surface area (Å²) in [7, 11) is 0. The Morgan fingerprint density at radius 3 is 1.67 bits per heavy atom. The van der Waals surface area contributed by atoms with Crippen LogP contribution in [0.2, 0.25) is 0 Å². The van der Waals surface area contributed by atoms with E-state index in [1.165, 1.54) is 27.6 Å². The van der Waals surface area contributed by atoms with Crippen LogP contribution < -0.4 is 5.32 Å². The van der Waals surface area contributed by atoms with E-state index >= 15 is 0 Å². The van der Waals surface area contributed by atoms with Crippen LogP contribution in [0.15, 0.2) is 60.7 Å². The first kappa shape index (κ1) is 32.6. The predicted octanol–water partition coefficient (Wildman–Crippen LogP) is 7.84. The fourth-order valence-electron chi connectivity index (χ4n) is 3.90. The van der Waals surface area contributed by atoms with Gasteiger partial charge in [-0.2, -0.15) is 0 Å². The maximum Gasteiger partial charge on any atom is 0.408 e. The average molecular weight is 611 g/mol. The van der Waals surface area contributed by atoms with Gasteiger partial charge in [0.25, 0.3) is 0 Å². The topological polar surface area (TPSA) is 130 Å². The Morgan fingerprint density at radius 2 is 1.24 bits per heavy atom. The molecule has 0 aliphatic heterocycles. The molecule has 2 atom stereocenters. The largest absolute Gasteiger partial charge is 0.465 e. The minimum atomic E-state index is -0.952. The van der Waals surface area contributed by atoms with Gasteiger partial charge in [0.1, 0.15) is 25.6 Å². The standard InChI is InChI=1S/2C15H19N3O2S/c1-10(18(14(19)20)15(2,3)4)12-16-17-13(21-12)11-8-6-5-7-9-11;1-10(16-14(19)20-15(2,3)4)12-17-18-13(21-12)11-8-6-5-7-9-11/h5-10H,1-4H3,(H,19,20);5-10H,1-4H3,(H,16,19)/t2*10-/m00/s1. The highest BCUT2D eigenvalue weighted by Gasteiger charge is 2.33. The molecule has 0 aliphatic carbocycles. The van der Waals surface area contributed by atoms with Crippen LogP contribution in [-0.2, 0) is 4.74 Å². The summed E-state index contributed by atoms with van der Waals surface area (Å²) < 4.78 is 5.23. The summed E-state index contributed by atoms with van der Waals surface area (Å²) in [5.74, 6) is 0. The van der Waals surface area contributed by atoms with E-state index in [2.05, 4.69) is 25.7 Å². The fourth-order valence-corrected chi connectivity index (χ4v) is 5.64. The number of carbonyl (C=O) groups excluding carboxylic acids is 1. The Labute approximate surface area is 254 Å². The van der Waals surface area contributed by atoms with Gasteiger partial charge in [-0.1, -0.05) is 83.3 Å². The normalized spacial score (nSPS) is 12.9. The van der Waals surface area contributed by atoms with Crippen LogP contribution in [0, 0.1) is 0 Å². The molecule has 2 aromatic carbocycles. The van der Waals surface area contributed by atoms with Crippen molar-refractivity contribution in [3.05, 3.63) is 70.7 Å². The highest BCUT2D eigenvalue weighted by molar-refractivity contribution is 7.15. The summed E-state index contributed by atoms with van der Waals surface area (Å²) in [6.07, 6.45) is -1.40. The summed E-state index contributed by atoms with van der Waals surface area (Å²) in [4.78, 5) is 24.7. The van der Waals surface area contributed by atoms with Crippen LogP contribution in [0.25, 0.3) is 21.1 Å². The van der Waals surface area contributed by atoms with E-state index in [9.17, 15) is 14.7 Å². The molecule has 0 spiro atoms. The summed E-state index contributed by atoms with van der Waals surface area (Å²) in [5, 5.41) is 32.0. The zero-order valence-corrected chi connectivity index (χ0v) is 26.8. The van der Waals surface area contributed by atoms with Crippen molar-refractivity contribution >= 4 is 34.9 Å². The molecule has 4 aromatic rings. The molecule has 0 unspecified atom stereocenters. The number of alkyl carbamates (subject to hydrolysis) is 1. The van der Waals surface area contributed by atoms with E-state index in [0.717, 1.165) is 26.1 Å². The molecule has 0 saturated carbocycles. The first-order chi connectivity index (χ1) is 19.7. The molecule has 224 valence electrons. The van der Waals surface area contributed by atoms with Crippen molar-refractivity contribution in [2.24, 2.45) is 0 Å². The molecule has 0 bridgehead atoms. The minimum Gasteiger partial charge on any atom is -0.465 e. The Balaban J connectivity index is 0.000000230. The Kier molecular flexibility index (Phi) is 10.7. The van der Waals surface area contributed by atoms with Gasteiger partial charge in [-0.25, -0.2) is 9.59 Å². The number of benzene rings is 2. The second-order valence-corrected chi connectivity index (χ2v) is 13.5. The number of amides is 2. The maximum absolute atomic E-state index is 11.7. The number of ether oxygens (including phenoxy) is 1. The molecule has 0 aliphatic rings. The summed E-state index contributed by atoms with van der Waals surface area (Å²) in [6.45, 7) is 14.8. The fraction of sp³-hybridized carbons (Fsp3) is 0.400. The summed E-state index contributed by atoms with van der Waals surface area (Å²) >= 11 is 2.89. The summed E-state index contributed by atoms with van der Waals surface area (Å²) in [5.41, 5.74) is 1.00. The minimum absolute atomic E-state index is 0.241. The molecule has 2 amide bonds. The van der Waals surface area contributed by atoms with E-state index in [0.29, 0.717) is 5.01 Å². The maximum atomic E-state index is 11.7. The number of hydrogen-bond acceptors (Lipinski definition) is 9. The predicted molar refractivity (Wildman–Crippen MR) is 167 cm³/mol. The molecule has 2 aromatic heterocycles. The third-order valence-electron chi connectivity index (χ3n) is 5.70. The number of carboxylic acid groups (broad SMARTS) is 1. The van der Waals surface area contributed by atoms with E-state index in [-0.39, 0.29) is 12.1 Å². The van der Waals surface area contributed by atoms with Crippen LogP contribution in [0.4, 0.5) is 9.59 Å². The SMILES string of the molecule is C[C@@H](c1nnc(-c2ccccc2)s1)N(C(=O)O)C(C)(C)C.C[C@H](NC(=O)OC(C)(C)C)c1nnc(-c2ccccc2)s1. The van der Waals surface area contributed by atoms with Gasteiger partial charge in [-0.15, -0.1) is 20.4 Å². The lowest BCUT2D eigenvalue weighted by Gasteiger charge is -2.36. The van der Waals surface area contributed by atoms with E-state index in [4.69, 9.17) is 4.74 Å². The number of carbonyl (C=O) groups is 2. The van der Waals surface area contributed by atoms with E-state index in [1.807, 2.05) is 116 Å². The molecule has 0 saturated heterocycles. The number of nitrogens with zero attached hydrogens (tertiary/aromatic N) is 5. The van der Waals surface area contributed by atoms with Gasteiger partial charge < -0.3 is 15.2 Å². The molecule has 0 radical (unpaired) electrons. The van der Waals surface area contributed by atoms with Gasteiger partial charge in [0, 0.05) is 16.7 Å². The van der Waals surface area contributed by atoms with Gasteiger partial charge in [0.15, 0.2) is 0 Å². The van der Waals surface area contributed by atoms with Crippen molar-refractivity contribution in [3.63, 3.8) is 0 Å². The first-order valence-electron chi connectivity index (χ1n) is 13.4. The second-order valence-electron chi connectivity index (χ2n) is 11.5. The van der Waals surface area contributed by atoms with Gasteiger partial charge in [-0.05, 0) is 55.4 Å². The third-order valence-corrected chi connectivity index (χ3v) is 8.00. The molecule has 42 heavy (non-hydrogen) atoms. The van der Waals surface area contributed by atoms with Gasteiger partial charge in [0.2, 0.25) is 0 Å². The molecule has 2 heterocycles. The van der Waals surface area contributed by atoms with Crippen LogP contribution >= 0.6 is 22.7 Å². The van der Waals surface area contributed by atoms with Gasteiger partial charge in [-0.3, -0.25) is 4.90 Å². The molecule has 0 fully saturated rings. The molecular formula is C30H38N6O4S2. The molecule has 12 heteroatoms. The molecular weight excluding hydrogens is 573 g/mol. The van der Waals surface area contributed by atoms with Crippen molar-refractivity contribution in [2.75, 3.05) is 0 Å². The van der Waals surface area contributed by atoms with Crippen molar-refractivity contribution in [2.45, 2.75) is 78.6 Å². The van der Waals surface area contributed by atoms with E-state index in [1.54, 1.807) is 0 Å². The van der Waals surface area contributed by atoms with Gasteiger partial charge >= 0.3 is 12.2 Å². The van der Waals surface area contributed by atoms with Gasteiger partial charge in [0.05, 0.1) is 12.1 Å². The second kappa shape index (κ2) is 13.8. The number of hydrogen-bond donors (Lipinski definition) is 2. The Hall–Kier alpha value is -3.90. The van der Waals surface area contributed by atoms with Crippen LogP contribution in [0.5, 0.6) is 0 Å². The average Bonchev–Trinajstić information content (AvgIpc) is 3.59. The quantitative estimate of drug-likeness (QED) is 0.226. The molecule has 4 rings (SSSR count). The lowest BCUT2D eigenvalue weighted by Crippen LogP contribution is -2.46. The van der Waals surface area contributed by atoms with Crippen molar-refractivity contribution < 1.29 is 19.4 Å². The highest BCUT2D eigenvalue weighted by Crippen LogP contribution is 2.33. The summed E-state index contributed by atoms with van der Waals surface area (Å²) in [6, 6.07) is 19.0. The third kappa shape index (κ3) is 9.31. The number of aromatic nitrogens is 4. The number of rotatable bonds is 6. The van der Waals surface area contributed by atoms with Crippen molar-refractivity contribution in [1.29, 1.82) is 0 Å². The molecule has 10 nitrogen and oxygen atoms in total. The van der Waals surface area contributed by atoms with Crippen molar-refractivity contribution in [3.8, 4) is 21.1 Å². The van der Waals surface area contributed by atoms with Crippen molar-refractivity contribution in [1.82, 2.24) is 30.6 Å². The lowest BCUT2D eigenvalue weighted by molar-refractivity contribution is 0.0507. The van der Waals surface area contributed by atoms with E-state index < -0.39 is 23.3 Å². The monoisotopic (exact) mass is 610 g/mol. The highest BCUT2D eigenvalue weighted by atomic mass is 32.1. The zero-order chi connectivity index (χ0) is 31.1. The lowest BCUT2D eigenvalue weighted by atomic mass is 10.0. The van der Waals surface area contributed by atoms with Crippen LogP contribution in [0.3, 0.4) is 0 Å². The number of nitrogens with one attached hydrogen (secondary N) is 1. The first-order valence-corrected chi connectivity index (χ1v) is 15.1. The zero-order valence-electron chi connectivity index (χ0n) is 25.2. The van der Waals surface area contributed by atoms with Crippen LogP contribution in [-0.4, -0.2) is 53.7 Å².